The zero-order chi connectivity index (χ0) is 34.9. The molecule has 12 heteroatoms. The second kappa shape index (κ2) is 17.3. The van der Waals surface area contributed by atoms with E-state index in [1.165, 1.54) is 26.9 Å². The lowest BCUT2D eigenvalue weighted by atomic mass is 9.94. The molecule has 0 bridgehead atoms. The van der Waals surface area contributed by atoms with Crippen LogP contribution in [0.25, 0.3) is 11.0 Å². The number of likely N-dealkylation sites (N-methyl/N-ethyl adjacent to an activating group) is 1. The van der Waals surface area contributed by atoms with Crippen LogP contribution in [0.15, 0.2) is 48.5 Å². The lowest BCUT2D eigenvalue weighted by Crippen LogP contribution is -2.40. The van der Waals surface area contributed by atoms with Crippen LogP contribution in [0.3, 0.4) is 0 Å². The molecule has 1 amide bonds. The van der Waals surface area contributed by atoms with Gasteiger partial charge < -0.3 is 39.0 Å². The van der Waals surface area contributed by atoms with Crippen molar-refractivity contribution in [1.82, 2.24) is 19.8 Å². The summed E-state index contributed by atoms with van der Waals surface area (Å²) < 4.78 is 22.0. The molecule has 0 saturated carbocycles. The number of para-hydroxylation sites is 1. The van der Waals surface area contributed by atoms with Gasteiger partial charge >= 0.3 is 0 Å². The van der Waals surface area contributed by atoms with Crippen LogP contribution < -0.4 is 19.5 Å². The minimum absolute atomic E-state index is 0.0362. The predicted molar refractivity (Wildman–Crippen MR) is 196 cm³/mol. The van der Waals surface area contributed by atoms with Crippen molar-refractivity contribution < 1.29 is 23.7 Å². The summed E-state index contributed by atoms with van der Waals surface area (Å²) in [5, 5.41) is 4.65. The molecule has 1 aliphatic heterocycles. The molecule has 4 aromatic rings. The Balaban J connectivity index is 1.21. The number of anilines is 1. The Morgan fingerprint density at radius 1 is 1.04 bits per heavy atom. The second-order valence-corrected chi connectivity index (χ2v) is 13.2. The molecule has 3 aromatic carbocycles. The van der Waals surface area contributed by atoms with Gasteiger partial charge in [0.2, 0.25) is 11.7 Å². The highest BCUT2D eigenvalue weighted by Gasteiger charge is 2.25. The van der Waals surface area contributed by atoms with Crippen LogP contribution in [0.1, 0.15) is 53.6 Å². The number of rotatable bonds is 16. The first kappa shape index (κ1) is 36.6. The number of benzene rings is 3. The van der Waals surface area contributed by atoms with Crippen LogP contribution in [0, 0.1) is 0 Å². The maximum absolute atomic E-state index is 13.7. The number of H-pyrrole nitrogens is 1. The van der Waals surface area contributed by atoms with Gasteiger partial charge in [0, 0.05) is 50.8 Å². The van der Waals surface area contributed by atoms with E-state index in [-0.39, 0.29) is 11.8 Å². The molecular weight excluding hydrogens is 665 g/mol. The number of methoxy groups -OCH3 is 3. The fourth-order valence-corrected chi connectivity index (χ4v) is 6.80. The average Bonchev–Trinajstić information content (AvgIpc) is 3.54. The van der Waals surface area contributed by atoms with E-state index >= 15 is 0 Å². The van der Waals surface area contributed by atoms with Crippen LogP contribution in [-0.2, 0) is 11.2 Å². The van der Waals surface area contributed by atoms with E-state index in [1.807, 2.05) is 32.2 Å². The van der Waals surface area contributed by atoms with Crippen molar-refractivity contribution in [3.05, 3.63) is 75.3 Å². The molecule has 1 unspecified atom stereocenters. The zero-order valence-electron chi connectivity index (χ0n) is 29.0. The molecule has 0 radical (unpaired) electrons. The second-order valence-electron chi connectivity index (χ2n) is 12.4. The molecule has 0 spiro atoms. The van der Waals surface area contributed by atoms with Gasteiger partial charge in [-0.1, -0.05) is 41.4 Å². The van der Waals surface area contributed by atoms with E-state index in [9.17, 15) is 4.79 Å². The van der Waals surface area contributed by atoms with Crippen LogP contribution >= 0.6 is 23.2 Å². The highest BCUT2D eigenvalue weighted by Crippen LogP contribution is 2.39. The first-order valence-electron chi connectivity index (χ1n) is 16.8. The highest BCUT2D eigenvalue weighted by molar-refractivity contribution is 6.42. The maximum atomic E-state index is 13.7. The van der Waals surface area contributed by atoms with E-state index in [0.29, 0.717) is 58.7 Å². The van der Waals surface area contributed by atoms with Crippen molar-refractivity contribution in [2.24, 2.45) is 0 Å². The summed E-state index contributed by atoms with van der Waals surface area (Å²) in [6.07, 6.45) is 3.69. The van der Waals surface area contributed by atoms with Crippen LogP contribution in [0.4, 0.5) is 5.95 Å². The summed E-state index contributed by atoms with van der Waals surface area (Å²) in [7, 11) is 6.42. The number of aromatic nitrogens is 2. The molecular formula is C37H47Cl2N5O5. The molecule has 2 heterocycles. The molecule has 5 rings (SSSR count). The lowest BCUT2D eigenvalue weighted by Gasteiger charge is -2.34. The minimum Gasteiger partial charge on any atom is -0.493 e. The monoisotopic (exact) mass is 711 g/mol. The quantitative estimate of drug-likeness (QED) is 0.117. The summed E-state index contributed by atoms with van der Waals surface area (Å²) in [6, 6.07) is 15.7. The minimum atomic E-state index is -0.150. The number of ether oxygens (including phenoxy) is 4. The normalized spacial score (nSPS) is 14.5. The Labute approximate surface area is 299 Å². The van der Waals surface area contributed by atoms with Gasteiger partial charge in [0.1, 0.15) is 0 Å². The molecule has 1 fully saturated rings. The van der Waals surface area contributed by atoms with Crippen molar-refractivity contribution >= 4 is 46.1 Å². The molecule has 10 nitrogen and oxygen atoms in total. The van der Waals surface area contributed by atoms with Crippen molar-refractivity contribution in [3.63, 3.8) is 0 Å². The molecule has 1 aliphatic rings. The molecule has 49 heavy (non-hydrogen) atoms. The highest BCUT2D eigenvalue weighted by atomic mass is 35.5. The molecule has 1 atom stereocenters. The molecule has 2 N–H and O–H groups in total. The van der Waals surface area contributed by atoms with E-state index in [4.69, 9.17) is 47.1 Å². The van der Waals surface area contributed by atoms with Gasteiger partial charge in [-0.25, -0.2) is 4.98 Å². The van der Waals surface area contributed by atoms with E-state index < -0.39 is 0 Å². The van der Waals surface area contributed by atoms with Crippen molar-refractivity contribution in [2.45, 2.75) is 44.6 Å². The van der Waals surface area contributed by atoms with Crippen molar-refractivity contribution in [3.8, 4) is 17.2 Å². The Bertz CT molecular complexity index is 1680. The number of piperidine rings is 1. The SMILES string of the molecule is CCOCCc1cccc2[nH]c(NC3CCN(CCC(CN(C)C(=O)c4cc(OC)c(OC)c(OC)c4)c4ccc(Cl)c(Cl)c4)CC3)nc12. The van der Waals surface area contributed by atoms with Crippen molar-refractivity contribution in [1.29, 1.82) is 0 Å². The molecule has 264 valence electrons. The third-order valence-electron chi connectivity index (χ3n) is 9.21. The maximum Gasteiger partial charge on any atom is 0.253 e. The summed E-state index contributed by atoms with van der Waals surface area (Å²) in [5.74, 6) is 2.01. The first-order valence-corrected chi connectivity index (χ1v) is 17.5. The number of hydrogen-bond acceptors (Lipinski definition) is 8. The number of carbonyl (C=O) groups is 1. The van der Waals surface area contributed by atoms with Gasteiger partial charge in [0.15, 0.2) is 11.5 Å². The summed E-state index contributed by atoms with van der Waals surface area (Å²) in [5.41, 5.74) is 4.73. The molecule has 0 aliphatic carbocycles. The standard InChI is InChI=1S/C37H47Cl2N5O5/c1-6-49-19-15-24-8-7-9-31-34(24)42-37(41-31)40-28-13-17-44(18-14-28)16-12-26(25-10-11-29(38)30(39)20-25)23-43(2)36(45)27-21-32(46-3)35(48-5)33(22-27)47-4/h7-11,20-22,26,28H,6,12-19,23H2,1-5H3,(H2,40,41,42). The zero-order valence-corrected chi connectivity index (χ0v) is 30.5. The number of likely N-dealkylation sites (tertiary alicyclic amines) is 1. The van der Waals surface area contributed by atoms with Gasteiger partial charge in [-0.3, -0.25) is 4.79 Å². The van der Waals surface area contributed by atoms with E-state index in [1.54, 1.807) is 17.0 Å². The number of imidazole rings is 1. The Morgan fingerprint density at radius 3 is 2.43 bits per heavy atom. The topological polar surface area (TPSA) is 101 Å². The summed E-state index contributed by atoms with van der Waals surface area (Å²) in [4.78, 5) is 26.3. The number of halogens is 2. The van der Waals surface area contributed by atoms with Crippen LogP contribution in [0.2, 0.25) is 10.0 Å². The number of hydrogen-bond donors (Lipinski definition) is 2. The number of amides is 1. The predicted octanol–water partition coefficient (Wildman–Crippen LogP) is 7.30. The van der Waals surface area contributed by atoms with Gasteiger partial charge in [-0.2, -0.15) is 0 Å². The number of carbonyl (C=O) groups excluding carboxylic acids is 1. The fraction of sp³-hybridized carbons (Fsp3) is 0.459. The third-order valence-corrected chi connectivity index (χ3v) is 9.95. The van der Waals surface area contributed by atoms with E-state index in [0.717, 1.165) is 67.9 Å². The van der Waals surface area contributed by atoms with Gasteiger partial charge in [-0.05, 0) is 80.6 Å². The van der Waals surface area contributed by atoms with Gasteiger partial charge in [-0.15, -0.1) is 0 Å². The first-order chi connectivity index (χ1) is 23.7. The van der Waals surface area contributed by atoms with Crippen molar-refractivity contribution in [2.75, 3.05) is 73.1 Å². The third kappa shape index (κ3) is 9.11. The van der Waals surface area contributed by atoms with Crippen LogP contribution in [-0.4, -0.2) is 99.5 Å². The summed E-state index contributed by atoms with van der Waals surface area (Å²) in [6.45, 7) is 6.72. The largest absolute Gasteiger partial charge is 0.493 e. The number of fused-ring (bicyclic) bond motifs is 1. The number of nitrogens with one attached hydrogen (secondary N) is 2. The van der Waals surface area contributed by atoms with Gasteiger partial charge in [0.05, 0.1) is 49.0 Å². The Hall–Kier alpha value is -3.70. The Kier molecular flexibility index (Phi) is 12.9. The van der Waals surface area contributed by atoms with E-state index in [2.05, 4.69) is 33.4 Å². The molecule has 1 aromatic heterocycles. The van der Waals surface area contributed by atoms with Gasteiger partial charge in [0.25, 0.3) is 5.91 Å². The fourth-order valence-electron chi connectivity index (χ4n) is 6.49. The smallest absolute Gasteiger partial charge is 0.253 e. The lowest BCUT2D eigenvalue weighted by molar-refractivity contribution is 0.0781. The number of aromatic amines is 1. The Morgan fingerprint density at radius 2 is 1.78 bits per heavy atom. The molecule has 1 saturated heterocycles. The average molecular weight is 713 g/mol. The summed E-state index contributed by atoms with van der Waals surface area (Å²) >= 11 is 12.7. The van der Waals surface area contributed by atoms with Crippen LogP contribution in [0.5, 0.6) is 17.2 Å². The number of nitrogens with zero attached hydrogens (tertiary/aromatic N) is 3.